The second-order valence-corrected chi connectivity index (χ2v) is 13.4. The highest BCUT2D eigenvalue weighted by atomic mass is 16.4. The predicted octanol–water partition coefficient (Wildman–Crippen LogP) is 5.11. The Labute approximate surface area is 230 Å². The maximum Gasteiger partial charge on any atom is 0.331 e. The molecule has 1 aromatic rings. The van der Waals surface area contributed by atoms with Crippen molar-refractivity contribution >= 4 is 17.8 Å². The van der Waals surface area contributed by atoms with Crippen molar-refractivity contribution in [2.75, 3.05) is 14.1 Å². The number of likely N-dealkylation sites (N-methyl/N-ethyl adjacent to an activating group) is 2. The van der Waals surface area contributed by atoms with Crippen molar-refractivity contribution in [3.63, 3.8) is 0 Å². The molecule has 1 aromatic carbocycles. The number of hydrogen-bond acceptors (Lipinski definition) is 4. The SMILES string of the molecule is C/C(=C\[C@H](C(C)C)N(C)C(=O)[C@@H](NC(=O)[C@@H](N(C)C(C)(C)C)C(C)(C)c1ccccc1)C(C)(C)C)C(=O)O. The van der Waals surface area contributed by atoms with Crippen LogP contribution in [0.1, 0.15) is 81.7 Å². The molecule has 1 rings (SSSR count). The monoisotopic (exact) mass is 529 g/mol. The van der Waals surface area contributed by atoms with Crippen LogP contribution in [-0.2, 0) is 19.8 Å². The maximum absolute atomic E-state index is 14.2. The zero-order valence-electron chi connectivity index (χ0n) is 25.8. The van der Waals surface area contributed by atoms with Crippen LogP contribution < -0.4 is 5.32 Å². The van der Waals surface area contributed by atoms with Crippen LogP contribution in [0.4, 0.5) is 0 Å². The molecule has 7 nitrogen and oxygen atoms in total. The van der Waals surface area contributed by atoms with Gasteiger partial charge in [0, 0.05) is 23.6 Å². The average Bonchev–Trinajstić information content (AvgIpc) is 2.78. The number of carbonyl (C=O) groups is 3. The molecule has 214 valence electrons. The Balaban J connectivity index is 3.54. The minimum atomic E-state index is -1.02. The highest BCUT2D eigenvalue weighted by molar-refractivity contribution is 5.91. The van der Waals surface area contributed by atoms with E-state index in [9.17, 15) is 19.5 Å². The van der Waals surface area contributed by atoms with Crippen LogP contribution in [0.5, 0.6) is 0 Å². The van der Waals surface area contributed by atoms with Crippen molar-refractivity contribution in [1.82, 2.24) is 15.1 Å². The molecule has 0 aliphatic rings. The number of amides is 2. The van der Waals surface area contributed by atoms with Crippen molar-refractivity contribution in [1.29, 1.82) is 0 Å². The summed E-state index contributed by atoms with van der Waals surface area (Å²) in [6.07, 6.45) is 1.61. The van der Waals surface area contributed by atoms with Gasteiger partial charge in [-0.05, 0) is 51.6 Å². The lowest BCUT2D eigenvalue weighted by Gasteiger charge is -2.46. The molecule has 7 heteroatoms. The van der Waals surface area contributed by atoms with E-state index in [-0.39, 0.29) is 28.8 Å². The van der Waals surface area contributed by atoms with E-state index in [1.54, 1.807) is 18.0 Å². The molecule has 0 radical (unpaired) electrons. The first kappa shape index (κ1) is 33.4. The second kappa shape index (κ2) is 12.5. The first-order chi connectivity index (χ1) is 17.1. The largest absolute Gasteiger partial charge is 0.478 e. The number of nitrogens with one attached hydrogen (secondary N) is 1. The topological polar surface area (TPSA) is 90.0 Å². The molecule has 2 N–H and O–H groups in total. The molecule has 0 heterocycles. The Kier molecular flexibility index (Phi) is 10.9. The molecule has 0 bridgehead atoms. The molecule has 0 saturated heterocycles. The predicted molar refractivity (Wildman–Crippen MR) is 155 cm³/mol. The fourth-order valence-electron chi connectivity index (χ4n) is 4.70. The molecule has 3 atom stereocenters. The molecular weight excluding hydrogens is 478 g/mol. The maximum atomic E-state index is 14.2. The number of rotatable bonds is 10. The van der Waals surface area contributed by atoms with Gasteiger partial charge in [0.15, 0.2) is 0 Å². The van der Waals surface area contributed by atoms with Gasteiger partial charge in [0.05, 0.1) is 12.1 Å². The Morgan fingerprint density at radius 1 is 0.921 bits per heavy atom. The fraction of sp³-hybridized carbons (Fsp3) is 0.645. The minimum absolute atomic E-state index is 0.0219. The normalized spacial score (nSPS) is 15.7. The lowest BCUT2D eigenvalue weighted by molar-refractivity contribution is -0.142. The molecule has 0 aliphatic heterocycles. The molecule has 0 saturated carbocycles. The lowest BCUT2D eigenvalue weighted by atomic mass is 9.75. The van der Waals surface area contributed by atoms with Crippen LogP contribution in [-0.4, -0.2) is 70.4 Å². The molecule has 0 aromatic heterocycles. The van der Waals surface area contributed by atoms with Gasteiger partial charge in [-0.15, -0.1) is 0 Å². The van der Waals surface area contributed by atoms with Gasteiger partial charge < -0.3 is 15.3 Å². The summed E-state index contributed by atoms with van der Waals surface area (Å²) in [5, 5.41) is 12.5. The number of aliphatic carboxylic acids is 1. The Morgan fingerprint density at radius 2 is 1.42 bits per heavy atom. The third-order valence-electron chi connectivity index (χ3n) is 7.53. The van der Waals surface area contributed by atoms with Crippen LogP contribution in [0.25, 0.3) is 0 Å². The van der Waals surface area contributed by atoms with Crippen LogP contribution in [0.15, 0.2) is 42.0 Å². The van der Waals surface area contributed by atoms with Gasteiger partial charge in [-0.25, -0.2) is 4.79 Å². The van der Waals surface area contributed by atoms with Crippen LogP contribution in [0, 0.1) is 11.3 Å². The summed E-state index contributed by atoms with van der Waals surface area (Å²) >= 11 is 0. The first-order valence-electron chi connectivity index (χ1n) is 13.4. The minimum Gasteiger partial charge on any atom is -0.478 e. The number of benzene rings is 1. The van der Waals surface area contributed by atoms with Gasteiger partial charge in [-0.2, -0.15) is 0 Å². The average molecular weight is 530 g/mol. The van der Waals surface area contributed by atoms with Crippen LogP contribution in [0.3, 0.4) is 0 Å². The fourth-order valence-corrected chi connectivity index (χ4v) is 4.70. The molecule has 38 heavy (non-hydrogen) atoms. The van der Waals surface area contributed by atoms with Crippen LogP contribution >= 0.6 is 0 Å². The third-order valence-corrected chi connectivity index (χ3v) is 7.53. The molecule has 0 unspecified atom stereocenters. The summed E-state index contributed by atoms with van der Waals surface area (Å²) in [5.74, 6) is -1.52. The summed E-state index contributed by atoms with van der Waals surface area (Å²) in [6.45, 7) is 21.5. The van der Waals surface area contributed by atoms with E-state index in [2.05, 4.69) is 44.8 Å². The quantitative estimate of drug-likeness (QED) is 0.411. The molecule has 0 aliphatic carbocycles. The Bertz CT molecular complexity index is 1000. The van der Waals surface area contributed by atoms with Crippen molar-refractivity contribution in [3.8, 4) is 0 Å². The van der Waals surface area contributed by atoms with Crippen molar-refractivity contribution in [3.05, 3.63) is 47.5 Å². The van der Waals surface area contributed by atoms with E-state index in [4.69, 9.17) is 0 Å². The molecule has 2 amide bonds. The van der Waals surface area contributed by atoms with E-state index < -0.39 is 34.9 Å². The Hall–Kier alpha value is -2.67. The van der Waals surface area contributed by atoms with Gasteiger partial charge >= 0.3 is 5.97 Å². The number of hydrogen-bond donors (Lipinski definition) is 2. The van der Waals surface area contributed by atoms with Gasteiger partial charge in [-0.3, -0.25) is 14.5 Å². The number of carboxylic acids is 1. The van der Waals surface area contributed by atoms with Gasteiger partial charge in [0.2, 0.25) is 11.8 Å². The molecular formula is C31H51N3O4. The van der Waals surface area contributed by atoms with Gasteiger partial charge in [0.25, 0.3) is 0 Å². The molecule has 0 fully saturated rings. The number of carbonyl (C=O) groups excluding carboxylic acids is 2. The van der Waals surface area contributed by atoms with Gasteiger partial charge in [-0.1, -0.05) is 84.9 Å². The number of carboxylic acid groups (broad SMARTS) is 1. The first-order valence-corrected chi connectivity index (χ1v) is 13.4. The van der Waals surface area contributed by atoms with E-state index in [0.29, 0.717) is 0 Å². The zero-order chi connectivity index (χ0) is 29.8. The van der Waals surface area contributed by atoms with E-state index in [0.717, 1.165) is 5.56 Å². The standard InChI is InChI=1S/C31H51N3O4/c1-20(2)23(19-21(3)28(37)38)33(12)27(36)24(29(4,5)6)32-26(35)25(34(13)30(7,8)9)31(10,11)22-17-15-14-16-18-22/h14-20,23-25H,1-13H3,(H,32,35)(H,37,38)/b21-19+/t23-,24-,25-/m1/s1. The summed E-state index contributed by atoms with van der Waals surface area (Å²) in [7, 11) is 3.62. The summed E-state index contributed by atoms with van der Waals surface area (Å²) < 4.78 is 0. The van der Waals surface area contributed by atoms with E-state index in [1.165, 1.54) is 6.92 Å². The summed E-state index contributed by atoms with van der Waals surface area (Å²) in [5.41, 5.74) is -0.256. The van der Waals surface area contributed by atoms with Crippen molar-refractivity contribution in [2.24, 2.45) is 11.3 Å². The van der Waals surface area contributed by atoms with E-state index >= 15 is 0 Å². The number of nitrogens with zero attached hydrogens (tertiary/aromatic N) is 2. The van der Waals surface area contributed by atoms with Crippen molar-refractivity contribution < 1.29 is 19.5 Å². The third kappa shape index (κ3) is 8.16. The Morgan fingerprint density at radius 3 is 1.82 bits per heavy atom. The molecule has 0 spiro atoms. The highest BCUT2D eigenvalue weighted by Gasteiger charge is 2.45. The van der Waals surface area contributed by atoms with E-state index in [1.807, 2.05) is 72.0 Å². The van der Waals surface area contributed by atoms with Crippen LogP contribution in [0.2, 0.25) is 0 Å². The highest BCUT2D eigenvalue weighted by Crippen LogP contribution is 2.34. The second-order valence-electron chi connectivity index (χ2n) is 13.4. The van der Waals surface area contributed by atoms with Gasteiger partial charge in [0.1, 0.15) is 6.04 Å². The van der Waals surface area contributed by atoms with Crippen molar-refractivity contribution in [2.45, 2.75) is 105 Å². The smallest absolute Gasteiger partial charge is 0.331 e. The summed E-state index contributed by atoms with van der Waals surface area (Å²) in [4.78, 5) is 43.3. The summed E-state index contributed by atoms with van der Waals surface area (Å²) in [6, 6.07) is 8.14. The lowest BCUT2D eigenvalue weighted by Crippen LogP contribution is -2.64. The zero-order valence-corrected chi connectivity index (χ0v) is 25.8.